The fourth-order valence-corrected chi connectivity index (χ4v) is 4.47. The topological polar surface area (TPSA) is 83.7 Å². The zero-order valence-corrected chi connectivity index (χ0v) is 18.5. The number of rotatable bonds is 7. The van der Waals surface area contributed by atoms with Crippen LogP contribution in [0, 0.1) is 5.92 Å². The standard InChI is InChI=1S/C23H33N5O3/c1-3-12-27-13-10-19(11-14-27)24-22(29)18-8-15-28(16-9-18)23-25-21(26-31-23)17-4-6-20(30-2)7-5-17/h4-7,18-19H,3,8-16H2,1-2H3,(H,24,29). The number of hydrogen-bond acceptors (Lipinski definition) is 7. The van der Waals surface area contributed by atoms with Crippen LogP contribution in [0.2, 0.25) is 0 Å². The number of nitrogens with zero attached hydrogens (tertiary/aromatic N) is 4. The molecule has 0 radical (unpaired) electrons. The van der Waals surface area contributed by atoms with E-state index in [9.17, 15) is 4.79 Å². The van der Waals surface area contributed by atoms with Gasteiger partial charge in [-0.1, -0.05) is 12.1 Å². The van der Waals surface area contributed by atoms with Crippen molar-refractivity contribution in [2.75, 3.05) is 44.7 Å². The van der Waals surface area contributed by atoms with Gasteiger partial charge in [-0.2, -0.15) is 4.98 Å². The summed E-state index contributed by atoms with van der Waals surface area (Å²) in [5, 5.41) is 7.41. The summed E-state index contributed by atoms with van der Waals surface area (Å²) in [6.07, 6.45) is 4.92. The highest BCUT2D eigenvalue weighted by molar-refractivity contribution is 5.79. The van der Waals surface area contributed by atoms with Crippen LogP contribution in [0.25, 0.3) is 11.4 Å². The highest BCUT2D eigenvalue weighted by atomic mass is 16.5. The van der Waals surface area contributed by atoms with Crippen LogP contribution < -0.4 is 15.0 Å². The van der Waals surface area contributed by atoms with Gasteiger partial charge >= 0.3 is 6.01 Å². The van der Waals surface area contributed by atoms with Gasteiger partial charge in [0.25, 0.3) is 0 Å². The minimum absolute atomic E-state index is 0.0638. The number of nitrogens with one attached hydrogen (secondary N) is 1. The largest absolute Gasteiger partial charge is 0.497 e. The molecule has 2 aliphatic rings. The summed E-state index contributed by atoms with van der Waals surface area (Å²) in [7, 11) is 1.64. The van der Waals surface area contributed by atoms with Gasteiger partial charge < -0.3 is 24.4 Å². The molecule has 0 spiro atoms. The second kappa shape index (κ2) is 10.1. The molecule has 3 heterocycles. The van der Waals surface area contributed by atoms with Gasteiger partial charge in [0.15, 0.2) is 0 Å². The molecule has 0 bridgehead atoms. The number of aromatic nitrogens is 2. The zero-order chi connectivity index (χ0) is 21.6. The Morgan fingerprint density at radius 1 is 1.13 bits per heavy atom. The van der Waals surface area contributed by atoms with E-state index < -0.39 is 0 Å². The van der Waals surface area contributed by atoms with Crippen molar-refractivity contribution < 1.29 is 14.1 Å². The Bertz CT molecular complexity index is 837. The number of anilines is 1. The molecule has 1 aromatic carbocycles. The average molecular weight is 428 g/mol. The summed E-state index contributed by atoms with van der Waals surface area (Å²) in [6, 6.07) is 8.43. The summed E-state index contributed by atoms with van der Waals surface area (Å²) in [5.41, 5.74) is 0.884. The fourth-order valence-electron chi connectivity index (χ4n) is 4.47. The Balaban J connectivity index is 1.25. The van der Waals surface area contributed by atoms with Crippen LogP contribution in [0.15, 0.2) is 28.8 Å². The number of hydrogen-bond donors (Lipinski definition) is 1. The second-order valence-corrected chi connectivity index (χ2v) is 8.51. The number of benzene rings is 1. The second-order valence-electron chi connectivity index (χ2n) is 8.51. The van der Waals surface area contributed by atoms with Crippen LogP contribution in [0.5, 0.6) is 5.75 Å². The lowest BCUT2D eigenvalue weighted by Gasteiger charge is -2.34. The first-order valence-electron chi connectivity index (χ1n) is 11.4. The molecule has 1 N–H and O–H groups in total. The first-order valence-corrected chi connectivity index (χ1v) is 11.4. The number of methoxy groups -OCH3 is 1. The summed E-state index contributed by atoms with van der Waals surface area (Å²) in [5.74, 6) is 1.62. The predicted octanol–water partition coefficient (Wildman–Crippen LogP) is 2.95. The Hall–Kier alpha value is -2.61. The Morgan fingerprint density at radius 2 is 1.84 bits per heavy atom. The molecule has 1 aromatic heterocycles. The van der Waals surface area contributed by atoms with Gasteiger partial charge in [-0.05, 0) is 62.9 Å². The lowest BCUT2D eigenvalue weighted by Crippen LogP contribution is -2.48. The summed E-state index contributed by atoms with van der Waals surface area (Å²) < 4.78 is 10.7. The van der Waals surface area contributed by atoms with Gasteiger partial charge in [0, 0.05) is 43.7 Å². The van der Waals surface area contributed by atoms with Crippen molar-refractivity contribution in [2.45, 2.75) is 45.1 Å². The van der Waals surface area contributed by atoms with Crippen LogP contribution in [-0.4, -0.2) is 66.8 Å². The van der Waals surface area contributed by atoms with E-state index in [1.807, 2.05) is 24.3 Å². The first-order chi connectivity index (χ1) is 15.2. The molecule has 2 aliphatic heterocycles. The number of ether oxygens (including phenoxy) is 1. The highest BCUT2D eigenvalue weighted by Crippen LogP contribution is 2.26. The predicted molar refractivity (Wildman–Crippen MR) is 119 cm³/mol. The minimum Gasteiger partial charge on any atom is -0.497 e. The lowest BCUT2D eigenvalue weighted by molar-refractivity contribution is -0.126. The number of piperidine rings is 2. The van der Waals surface area contributed by atoms with Gasteiger partial charge in [0.1, 0.15) is 5.75 Å². The first kappa shape index (κ1) is 21.6. The molecule has 2 saturated heterocycles. The average Bonchev–Trinajstić information content (AvgIpc) is 3.31. The maximum Gasteiger partial charge on any atom is 0.324 e. The van der Waals surface area contributed by atoms with E-state index in [2.05, 4.69) is 32.2 Å². The van der Waals surface area contributed by atoms with Crippen molar-refractivity contribution in [1.29, 1.82) is 0 Å². The number of amides is 1. The molecule has 4 rings (SSSR count). The Morgan fingerprint density at radius 3 is 2.48 bits per heavy atom. The van der Waals surface area contributed by atoms with Crippen molar-refractivity contribution in [2.24, 2.45) is 5.92 Å². The molecule has 0 aliphatic carbocycles. The zero-order valence-electron chi connectivity index (χ0n) is 18.5. The fraction of sp³-hybridized carbons (Fsp3) is 0.609. The van der Waals surface area contributed by atoms with Crippen molar-refractivity contribution >= 4 is 11.9 Å². The number of likely N-dealkylation sites (tertiary alicyclic amines) is 1. The third kappa shape index (κ3) is 5.36. The Kier molecular flexibility index (Phi) is 7.06. The van der Waals surface area contributed by atoms with E-state index in [1.54, 1.807) is 7.11 Å². The molecule has 1 amide bonds. The minimum atomic E-state index is 0.0638. The van der Waals surface area contributed by atoms with Crippen molar-refractivity contribution in [3.63, 3.8) is 0 Å². The quantitative estimate of drug-likeness (QED) is 0.727. The van der Waals surface area contributed by atoms with Crippen molar-refractivity contribution in [3.8, 4) is 17.1 Å². The molecular formula is C23H33N5O3. The van der Waals surface area contributed by atoms with E-state index in [4.69, 9.17) is 9.26 Å². The van der Waals surface area contributed by atoms with Crippen LogP contribution in [0.3, 0.4) is 0 Å². The molecule has 8 nitrogen and oxygen atoms in total. The van der Waals surface area contributed by atoms with Crippen LogP contribution in [0.1, 0.15) is 39.0 Å². The molecule has 31 heavy (non-hydrogen) atoms. The van der Waals surface area contributed by atoms with Gasteiger partial charge in [-0.3, -0.25) is 4.79 Å². The van der Waals surface area contributed by atoms with E-state index in [0.717, 1.165) is 69.7 Å². The molecule has 0 atom stereocenters. The SMILES string of the molecule is CCCN1CCC(NC(=O)C2CCN(c3nc(-c4ccc(OC)cc4)no3)CC2)CC1. The van der Waals surface area contributed by atoms with Gasteiger partial charge in [-0.15, -0.1) is 0 Å². The van der Waals surface area contributed by atoms with E-state index in [-0.39, 0.29) is 11.8 Å². The van der Waals surface area contributed by atoms with E-state index in [0.29, 0.717) is 17.9 Å². The summed E-state index contributed by atoms with van der Waals surface area (Å²) in [4.78, 5) is 21.9. The maximum atomic E-state index is 12.8. The van der Waals surface area contributed by atoms with Crippen molar-refractivity contribution in [3.05, 3.63) is 24.3 Å². The molecule has 8 heteroatoms. The molecule has 168 valence electrons. The third-order valence-electron chi connectivity index (χ3n) is 6.37. The van der Waals surface area contributed by atoms with E-state index in [1.165, 1.54) is 6.42 Å². The third-order valence-corrected chi connectivity index (χ3v) is 6.37. The lowest BCUT2D eigenvalue weighted by atomic mass is 9.95. The highest BCUT2D eigenvalue weighted by Gasteiger charge is 2.29. The smallest absolute Gasteiger partial charge is 0.324 e. The molecule has 0 saturated carbocycles. The summed E-state index contributed by atoms with van der Waals surface area (Å²) in [6.45, 7) is 7.05. The number of carbonyl (C=O) groups is 1. The molecule has 2 fully saturated rings. The van der Waals surface area contributed by atoms with E-state index >= 15 is 0 Å². The molecular weight excluding hydrogens is 394 g/mol. The van der Waals surface area contributed by atoms with Crippen LogP contribution in [-0.2, 0) is 4.79 Å². The van der Waals surface area contributed by atoms with Crippen LogP contribution in [0.4, 0.5) is 6.01 Å². The van der Waals surface area contributed by atoms with Gasteiger partial charge in [-0.25, -0.2) is 0 Å². The van der Waals surface area contributed by atoms with Crippen molar-refractivity contribution in [1.82, 2.24) is 20.4 Å². The monoisotopic (exact) mass is 427 g/mol. The van der Waals surface area contributed by atoms with Gasteiger partial charge in [0.2, 0.25) is 11.7 Å². The molecule has 0 unspecified atom stereocenters. The van der Waals surface area contributed by atoms with Gasteiger partial charge in [0.05, 0.1) is 7.11 Å². The maximum absolute atomic E-state index is 12.8. The number of carbonyl (C=O) groups excluding carboxylic acids is 1. The summed E-state index contributed by atoms with van der Waals surface area (Å²) >= 11 is 0. The Labute approximate surface area is 183 Å². The molecule has 2 aromatic rings. The van der Waals surface area contributed by atoms with Crippen LogP contribution >= 0.6 is 0 Å². The normalized spacial score (nSPS) is 18.8.